The van der Waals surface area contributed by atoms with Crippen LogP contribution in [0.4, 0.5) is 0 Å². The fourth-order valence-corrected chi connectivity index (χ4v) is 4.23. The summed E-state index contributed by atoms with van der Waals surface area (Å²) in [5.74, 6) is 0.351. The molecule has 27 heavy (non-hydrogen) atoms. The second-order valence-electron chi connectivity index (χ2n) is 6.30. The Hall–Kier alpha value is -3.38. The minimum atomic E-state index is -0.243. The molecular weight excluding hydrogens is 358 g/mol. The van der Waals surface area contributed by atoms with Gasteiger partial charge in [-0.15, -0.1) is 0 Å². The molecule has 0 fully saturated rings. The van der Waals surface area contributed by atoms with Crippen LogP contribution < -0.4 is 0 Å². The number of carbonyl (C=O) groups excluding carboxylic acids is 2. The summed E-state index contributed by atoms with van der Waals surface area (Å²) in [6.07, 6.45) is 1.58. The highest BCUT2D eigenvalue weighted by Crippen LogP contribution is 2.31. The van der Waals surface area contributed by atoms with Gasteiger partial charge in [0, 0.05) is 23.7 Å². The van der Waals surface area contributed by atoms with Gasteiger partial charge in [0.25, 0.3) is 0 Å². The first-order valence-corrected chi connectivity index (χ1v) is 9.24. The van der Waals surface area contributed by atoms with Gasteiger partial charge in [-0.05, 0) is 6.08 Å². The van der Waals surface area contributed by atoms with Gasteiger partial charge in [-0.1, -0.05) is 65.9 Å². The lowest BCUT2D eigenvalue weighted by Gasteiger charge is -2.00. The number of thiazole rings is 1. The fraction of sp³-hybridized carbons (Fsp3) is 0.0476. The Morgan fingerprint density at radius 2 is 1.52 bits per heavy atom. The molecular formula is C21H13N3O2S. The third-order valence-electron chi connectivity index (χ3n) is 4.66. The number of aryl methyl sites for hydroxylation is 1. The van der Waals surface area contributed by atoms with E-state index in [0.717, 1.165) is 21.9 Å². The van der Waals surface area contributed by atoms with Gasteiger partial charge in [0.05, 0.1) is 5.57 Å². The molecule has 0 aliphatic heterocycles. The van der Waals surface area contributed by atoms with E-state index in [1.807, 2.05) is 41.9 Å². The van der Waals surface area contributed by atoms with Crippen LogP contribution in [-0.2, 0) is 7.05 Å². The second-order valence-corrected chi connectivity index (χ2v) is 7.31. The van der Waals surface area contributed by atoms with Crippen LogP contribution in [0.1, 0.15) is 25.7 Å². The number of carbonyl (C=O) groups is 2. The van der Waals surface area contributed by atoms with Gasteiger partial charge in [0.15, 0.2) is 22.0 Å². The van der Waals surface area contributed by atoms with Crippen molar-refractivity contribution in [3.63, 3.8) is 0 Å². The number of hydrogen-bond donors (Lipinski definition) is 0. The highest BCUT2D eigenvalue weighted by atomic mass is 32.1. The van der Waals surface area contributed by atoms with Gasteiger partial charge in [-0.3, -0.25) is 9.59 Å². The molecule has 0 N–H and O–H groups in total. The number of fused-ring (bicyclic) bond motifs is 2. The molecule has 2 heterocycles. The van der Waals surface area contributed by atoms with Crippen molar-refractivity contribution in [2.45, 2.75) is 0 Å². The second kappa shape index (κ2) is 5.82. The Bertz CT molecular complexity index is 1230. The highest BCUT2D eigenvalue weighted by Gasteiger charge is 2.32. The lowest BCUT2D eigenvalue weighted by atomic mass is 10.1. The molecule has 5 rings (SSSR count). The van der Waals surface area contributed by atoms with Gasteiger partial charge in [0.1, 0.15) is 10.8 Å². The summed E-state index contributed by atoms with van der Waals surface area (Å²) in [5.41, 5.74) is 2.83. The van der Waals surface area contributed by atoms with Crippen molar-refractivity contribution in [2.75, 3.05) is 0 Å². The Morgan fingerprint density at radius 3 is 2.15 bits per heavy atom. The average Bonchev–Trinajstić information content (AvgIpc) is 3.31. The number of nitrogens with zero attached hydrogens (tertiary/aromatic N) is 3. The molecule has 1 aliphatic carbocycles. The van der Waals surface area contributed by atoms with Crippen LogP contribution in [0.5, 0.6) is 0 Å². The highest BCUT2D eigenvalue weighted by molar-refractivity contribution is 7.19. The van der Waals surface area contributed by atoms with E-state index in [2.05, 4.69) is 9.97 Å². The first-order chi connectivity index (χ1) is 13.1. The molecule has 0 amide bonds. The average molecular weight is 371 g/mol. The third kappa shape index (κ3) is 2.38. The number of ketones is 2. The van der Waals surface area contributed by atoms with E-state index in [1.54, 1.807) is 30.3 Å². The van der Waals surface area contributed by atoms with Crippen LogP contribution in [0, 0.1) is 0 Å². The Labute approximate surface area is 158 Å². The van der Waals surface area contributed by atoms with Crippen LogP contribution in [0.15, 0.2) is 60.2 Å². The topological polar surface area (TPSA) is 64.8 Å². The van der Waals surface area contributed by atoms with Gasteiger partial charge in [-0.25, -0.2) is 9.97 Å². The van der Waals surface area contributed by atoms with E-state index >= 15 is 0 Å². The van der Waals surface area contributed by atoms with Crippen molar-refractivity contribution in [1.29, 1.82) is 0 Å². The lowest BCUT2D eigenvalue weighted by Crippen LogP contribution is -2.00. The summed E-state index contributed by atoms with van der Waals surface area (Å²) in [5, 5.41) is 0.604. The largest absolute Gasteiger partial charge is 0.311 e. The quantitative estimate of drug-likeness (QED) is 0.392. The summed E-state index contributed by atoms with van der Waals surface area (Å²) >= 11 is 1.37. The van der Waals surface area contributed by atoms with Crippen molar-refractivity contribution in [3.8, 4) is 11.4 Å². The van der Waals surface area contributed by atoms with E-state index in [4.69, 9.17) is 0 Å². The summed E-state index contributed by atoms with van der Waals surface area (Å²) in [6.45, 7) is 0. The molecule has 0 unspecified atom stereocenters. The van der Waals surface area contributed by atoms with E-state index < -0.39 is 0 Å². The summed E-state index contributed by atoms with van der Waals surface area (Å²) in [4.78, 5) is 35.1. The molecule has 2 aromatic heterocycles. The predicted octanol–water partition coefficient (Wildman–Crippen LogP) is 4.16. The molecule has 0 saturated heterocycles. The van der Waals surface area contributed by atoms with Gasteiger partial charge < -0.3 is 4.57 Å². The molecule has 1 aliphatic rings. The SMILES string of the molecule is Cn1c(-c2ccccc2)nc2sc(C=C3C(=O)c4ccccc4C3=O)nc21. The number of hydrogen-bond acceptors (Lipinski definition) is 5. The van der Waals surface area contributed by atoms with E-state index in [1.165, 1.54) is 11.3 Å². The van der Waals surface area contributed by atoms with Crippen LogP contribution in [-0.4, -0.2) is 26.1 Å². The van der Waals surface area contributed by atoms with Crippen molar-refractivity contribution in [3.05, 3.63) is 76.3 Å². The number of imidazole rings is 1. The smallest absolute Gasteiger partial charge is 0.197 e. The monoisotopic (exact) mass is 371 g/mol. The fourth-order valence-electron chi connectivity index (χ4n) is 3.32. The van der Waals surface area contributed by atoms with E-state index in [0.29, 0.717) is 16.1 Å². The van der Waals surface area contributed by atoms with Crippen molar-refractivity contribution < 1.29 is 9.59 Å². The number of rotatable bonds is 2. The molecule has 2 aromatic carbocycles. The molecule has 5 nitrogen and oxygen atoms in total. The molecule has 0 saturated carbocycles. The molecule has 0 bridgehead atoms. The minimum Gasteiger partial charge on any atom is -0.311 e. The zero-order chi connectivity index (χ0) is 18.5. The maximum absolute atomic E-state index is 12.5. The maximum Gasteiger partial charge on any atom is 0.197 e. The number of aromatic nitrogens is 3. The zero-order valence-electron chi connectivity index (χ0n) is 14.3. The van der Waals surface area contributed by atoms with Crippen LogP contribution in [0.2, 0.25) is 0 Å². The van der Waals surface area contributed by atoms with Gasteiger partial charge in [0.2, 0.25) is 0 Å². The number of benzene rings is 2. The first-order valence-electron chi connectivity index (χ1n) is 8.42. The van der Waals surface area contributed by atoms with Crippen molar-refractivity contribution in [1.82, 2.24) is 14.5 Å². The molecule has 4 aromatic rings. The summed E-state index contributed by atoms with van der Waals surface area (Å²) in [7, 11) is 1.91. The Kier molecular flexibility index (Phi) is 3.42. The number of allylic oxidation sites excluding steroid dienone is 1. The summed E-state index contributed by atoms with van der Waals surface area (Å²) in [6, 6.07) is 16.8. The van der Waals surface area contributed by atoms with Crippen LogP contribution in [0.25, 0.3) is 27.9 Å². The molecule has 0 radical (unpaired) electrons. The normalized spacial score (nSPS) is 13.4. The third-order valence-corrected chi connectivity index (χ3v) is 5.54. The standard InChI is InChI=1S/C21H13N3O2S/c1-24-19(12-7-3-2-4-8-12)23-21-20(24)22-16(27-21)11-15-17(25)13-9-5-6-10-14(13)18(15)26/h2-11H,1H3. The number of Topliss-reactive ketones (excluding diaryl/α,β-unsaturated/α-hetero) is 2. The minimum absolute atomic E-state index is 0.165. The van der Waals surface area contributed by atoms with E-state index in [-0.39, 0.29) is 17.1 Å². The maximum atomic E-state index is 12.5. The predicted molar refractivity (Wildman–Crippen MR) is 105 cm³/mol. The van der Waals surface area contributed by atoms with Crippen LogP contribution in [0.3, 0.4) is 0 Å². The zero-order valence-corrected chi connectivity index (χ0v) is 15.2. The summed E-state index contributed by atoms with van der Waals surface area (Å²) < 4.78 is 1.93. The van der Waals surface area contributed by atoms with Gasteiger partial charge in [-0.2, -0.15) is 0 Å². The molecule has 130 valence electrons. The lowest BCUT2D eigenvalue weighted by molar-refractivity contribution is 0.0990. The first kappa shape index (κ1) is 15.8. The van der Waals surface area contributed by atoms with E-state index in [9.17, 15) is 9.59 Å². The Balaban J connectivity index is 1.57. The molecule has 6 heteroatoms. The van der Waals surface area contributed by atoms with Crippen molar-refractivity contribution >= 4 is 39.5 Å². The van der Waals surface area contributed by atoms with Gasteiger partial charge >= 0.3 is 0 Å². The Morgan fingerprint density at radius 1 is 0.889 bits per heavy atom. The molecule has 0 spiro atoms. The molecule has 0 atom stereocenters. The van der Waals surface area contributed by atoms with Crippen molar-refractivity contribution in [2.24, 2.45) is 7.05 Å². The van der Waals surface area contributed by atoms with Crippen LogP contribution >= 0.6 is 11.3 Å².